The molecule has 0 saturated heterocycles. The highest BCUT2D eigenvalue weighted by Crippen LogP contribution is 2.32. The Morgan fingerprint density at radius 2 is 2.07 bits per heavy atom. The van der Waals surface area contributed by atoms with Crippen LogP contribution in [0.2, 0.25) is 0 Å². The van der Waals surface area contributed by atoms with Crippen molar-refractivity contribution in [3.05, 3.63) is 51.7 Å². The number of halogens is 1. The van der Waals surface area contributed by atoms with Gasteiger partial charge in [-0.3, -0.25) is 0 Å². The van der Waals surface area contributed by atoms with Crippen LogP contribution in [0.5, 0.6) is 17.2 Å². The van der Waals surface area contributed by atoms with E-state index in [1.165, 1.54) is 0 Å². The lowest BCUT2D eigenvalue weighted by Gasteiger charge is -2.08. The zero-order valence-electron chi connectivity index (χ0n) is 15.3. The summed E-state index contributed by atoms with van der Waals surface area (Å²) in [4.78, 5) is 4.42. The van der Waals surface area contributed by atoms with Gasteiger partial charge in [-0.25, -0.2) is 10.4 Å². The molecule has 0 amide bonds. The Hall–Kier alpha value is -2.95. The first-order valence-corrected chi connectivity index (χ1v) is 9.47. The third kappa shape index (κ3) is 4.66. The molecule has 144 valence electrons. The molecule has 0 unspecified atom stereocenters. The molecule has 3 aromatic rings. The van der Waals surface area contributed by atoms with Crippen LogP contribution >= 0.6 is 22.6 Å². The normalized spacial score (nSPS) is 10.8. The van der Waals surface area contributed by atoms with Gasteiger partial charge in [0, 0.05) is 5.56 Å². The van der Waals surface area contributed by atoms with Crippen molar-refractivity contribution in [3.8, 4) is 28.5 Å². The van der Waals surface area contributed by atoms with Crippen molar-refractivity contribution in [1.82, 2.24) is 15.2 Å². The van der Waals surface area contributed by atoms with Gasteiger partial charge in [-0.2, -0.15) is 10.2 Å². The average Bonchev–Trinajstić information content (AvgIpc) is 2.72. The van der Waals surface area contributed by atoms with Crippen LogP contribution in [0.15, 0.2) is 47.7 Å². The van der Waals surface area contributed by atoms with Crippen molar-refractivity contribution in [2.75, 3.05) is 19.1 Å². The van der Waals surface area contributed by atoms with Gasteiger partial charge in [0.25, 0.3) is 5.95 Å². The zero-order chi connectivity index (χ0) is 19.9. The number of para-hydroxylation sites is 1. The van der Waals surface area contributed by atoms with E-state index in [1.54, 1.807) is 31.7 Å². The Kier molecular flexibility index (Phi) is 6.58. The Labute approximate surface area is 175 Å². The number of hydrogen-bond acceptors (Lipinski definition) is 8. The molecular formula is C19H18IN5O3. The van der Waals surface area contributed by atoms with Crippen molar-refractivity contribution in [2.24, 2.45) is 5.10 Å². The summed E-state index contributed by atoms with van der Waals surface area (Å²) in [5, 5.41) is 22.1. The molecule has 0 aliphatic rings. The van der Waals surface area contributed by atoms with Gasteiger partial charge in [-0.05, 0) is 59.3 Å². The van der Waals surface area contributed by atoms with Gasteiger partial charge in [0.05, 0.1) is 35.4 Å². The Balaban J connectivity index is 1.78. The van der Waals surface area contributed by atoms with Crippen LogP contribution in [0.25, 0.3) is 11.3 Å². The maximum Gasteiger partial charge on any atom is 0.263 e. The molecule has 0 atom stereocenters. The molecule has 0 fully saturated rings. The van der Waals surface area contributed by atoms with E-state index in [-0.39, 0.29) is 11.7 Å². The molecule has 3 rings (SSSR count). The summed E-state index contributed by atoms with van der Waals surface area (Å²) in [6.07, 6.45) is 3.15. The third-order valence-electron chi connectivity index (χ3n) is 3.67. The molecule has 0 spiro atoms. The predicted molar refractivity (Wildman–Crippen MR) is 115 cm³/mol. The van der Waals surface area contributed by atoms with E-state index in [1.807, 2.05) is 53.8 Å². The smallest absolute Gasteiger partial charge is 0.263 e. The highest BCUT2D eigenvalue weighted by atomic mass is 127. The third-order valence-corrected chi connectivity index (χ3v) is 4.49. The first-order valence-electron chi connectivity index (χ1n) is 8.40. The molecule has 0 aliphatic carbocycles. The summed E-state index contributed by atoms with van der Waals surface area (Å²) in [5.41, 5.74) is 4.94. The lowest BCUT2D eigenvalue weighted by molar-refractivity contribution is 0.317. The summed E-state index contributed by atoms with van der Waals surface area (Å²) in [6, 6.07) is 11.0. The van der Waals surface area contributed by atoms with Gasteiger partial charge in [-0.15, -0.1) is 5.10 Å². The minimum atomic E-state index is 0.115. The standard InChI is InChI=1S/C19H18IN5O3/c1-3-28-17-9-12(8-14(20)18(17)26)10-21-24-19-23-15(11-22-25-19)13-6-4-5-7-16(13)27-2/h4-11,26H,3H2,1-2H3,(H,23,24,25)/b21-10-. The number of rotatable bonds is 7. The van der Waals surface area contributed by atoms with E-state index in [0.29, 0.717) is 27.4 Å². The number of anilines is 1. The Bertz CT molecular complexity index is 997. The molecule has 1 aromatic heterocycles. The van der Waals surface area contributed by atoms with Gasteiger partial charge >= 0.3 is 0 Å². The summed E-state index contributed by atoms with van der Waals surface area (Å²) in [6.45, 7) is 2.31. The van der Waals surface area contributed by atoms with Gasteiger partial charge in [0.1, 0.15) is 5.75 Å². The maximum atomic E-state index is 10.0. The zero-order valence-corrected chi connectivity index (χ0v) is 17.4. The predicted octanol–water partition coefficient (Wildman–Crippen LogP) is 3.70. The lowest BCUT2D eigenvalue weighted by Crippen LogP contribution is -2.01. The molecule has 9 heteroatoms. The Morgan fingerprint density at radius 1 is 1.25 bits per heavy atom. The monoisotopic (exact) mass is 491 g/mol. The number of aromatic hydroxyl groups is 1. The minimum Gasteiger partial charge on any atom is -0.504 e. The van der Waals surface area contributed by atoms with Crippen LogP contribution in [0.4, 0.5) is 5.95 Å². The Morgan fingerprint density at radius 3 is 2.86 bits per heavy atom. The number of methoxy groups -OCH3 is 1. The summed E-state index contributed by atoms with van der Waals surface area (Å²) in [7, 11) is 1.60. The molecule has 0 saturated carbocycles. The van der Waals surface area contributed by atoms with E-state index in [2.05, 4.69) is 25.7 Å². The summed E-state index contributed by atoms with van der Waals surface area (Å²) >= 11 is 2.04. The highest BCUT2D eigenvalue weighted by Gasteiger charge is 2.09. The van der Waals surface area contributed by atoms with Gasteiger partial charge < -0.3 is 14.6 Å². The van der Waals surface area contributed by atoms with Crippen molar-refractivity contribution in [3.63, 3.8) is 0 Å². The number of phenolic OH excluding ortho intramolecular Hbond substituents is 1. The fourth-order valence-electron chi connectivity index (χ4n) is 2.44. The highest BCUT2D eigenvalue weighted by molar-refractivity contribution is 14.1. The molecule has 2 N–H and O–H groups in total. The van der Waals surface area contributed by atoms with Crippen LogP contribution < -0.4 is 14.9 Å². The maximum absolute atomic E-state index is 10.0. The molecule has 2 aromatic carbocycles. The van der Waals surface area contributed by atoms with E-state index in [0.717, 1.165) is 11.1 Å². The lowest BCUT2D eigenvalue weighted by atomic mass is 10.1. The summed E-state index contributed by atoms with van der Waals surface area (Å²) in [5.74, 6) is 1.47. The van der Waals surface area contributed by atoms with Crippen molar-refractivity contribution in [2.45, 2.75) is 6.92 Å². The fraction of sp³-hybridized carbons (Fsp3) is 0.158. The largest absolute Gasteiger partial charge is 0.504 e. The average molecular weight is 491 g/mol. The van der Waals surface area contributed by atoms with Gasteiger partial charge in [0.2, 0.25) is 0 Å². The molecule has 0 radical (unpaired) electrons. The second-order valence-electron chi connectivity index (χ2n) is 5.52. The topological polar surface area (TPSA) is 102 Å². The molecule has 1 heterocycles. The van der Waals surface area contributed by atoms with Crippen molar-refractivity contribution < 1.29 is 14.6 Å². The van der Waals surface area contributed by atoms with Gasteiger partial charge in [0.15, 0.2) is 11.5 Å². The van der Waals surface area contributed by atoms with E-state index >= 15 is 0 Å². The summed E-state index contributed by atoms with van der Waals surface area (Å²) < 4.78 is 11.5. The van der Waals surface area contributed by atoms with Crippen LogP contribution in [-0.4, -0.2) is 40.2 Å². The second kappa shape index (κ2) is 9.31. The number of ether oxygens (including phenoxy) is 2. The number of hydrogen-bond donors (Lipinski definition) is 2. The quantitative estimate of drug-likeness (QED) is 0.295. The number of nitrogens with one attached hydrogen (secondary N) is 1. The molecular weight excluding hydrogens is 473 g/mol. The number of hydrazone groups is 1. The first kappa shape index (κ1) is 19.8. The van der Waals surface area contributed by atoms with Gasteiger partial charge in [-0.1, -0.05) is 12.1 Å². The number of benzene rings is 2. The second-order valence-corrected chi connectivity index (χ2v) is 6.68. The van der Waals surface area contributed by atoms with E-state index in [9.17, 15) is 5.11 Å². The van der Waals surface area contributed by atoms with Crippen LogP contribution in [0.3, 0.4) is 0 Å². The number of aromatic nitrogens is 3. The fourth-order valence-corrected chi connectivity index (χ4v) is 3.06. The molecule has 8 nitrogen and oxygen atoms in total. The molecule has 0 bridgehead atoms. The SMILES string of the molecule is CCOc1cc(/C=N\Nc2nncc(-c3ccccc3OC)n2)cc(I)c1O. The van der Waals surface area contributed by atoms with Crippen LogP contribution in [0.1, 0.15) is 12.5 Å². The van der Waals surface area contributed by atoms with Crippen LogP contribution in [0, 0.1) is 3.57 Å². The number of phenols is 1. The molecule has 0 aliphatic heterocycles. The number of nitrogens with zero attached hydrogens (tertiary/aromatic N) is 4. The minimum absolute atomic E-state index is 0.115. The first-order chi connectivity index (χ1) is 13.6. The van der Waals surface area contributed by atoms with Crippen molar-refractivity contribution in [1.29, 1.82) is 0 Å². The van der Waals surface area contributed by atoms with E-state index in [4.69, 9.17) is 9.47 Å². The van der Waals surface area contributed by atoms with Crippen molar-refractivity contribution >= 4 is 34.8 Å². The van der Waals surface area contributed by atoms with Crippen LogP contribution in [-0.2, 0) is 0 Å². The van der Waals surface area contributed by atoms with E-state index < -0.39 is 0 Å². The molecule has 28 heavy (non-hydrogen) atoms.